The second-order valence-electron chi connectivity index (χ2n) is 3.56. The van der Waals surface area contributed by atoms with Gasteiger partial charge in [-0.15, -0.1) is 0 Å². The van der Waals surface area contributed by atoms with Crippen LogP contribution in [-0.2, 0) is 6.42 Å². The Hall–Kier alpha value is -2.22. The Bertz CT molecular complexity index is 409. The SMILES string of the molecule is COc1ccc(CC(CC#N)NC(=O)O)cc1. The van der Waals surface area contributed by atoms with Crippen molar-refractivity contribution in [1.82, 2.24) is 5.32 Å². The van der Waals surface area contributed by atoms with Gasteiger partial charge in [-0.2, -0.15) is 5.26 Å². The first-order valence-electron chi connectivity index (χ1n) is 5.15. The molecule has 0 radical (unpaired) electrons. The topological polar surface area (TPSA) is 82.3 Å². The van der Waals surface area contributed by atoms with Crippen LogP contribution in [0.5, 0.6) is 5.75 Å². The van der Waals surface area contributed by atoms with Gasteiger partial charge in [-0.25, -0.2) is 4.79 Å². The lowest BCUT2D eigenvalue weighted by atomic mass is 10.0. The average Bonchev–Trinajstić information content (AvgIpc) is 2.29. The summed E-state index contributed by atoms with van der Waals surface area (Å²) in [6.07, 6.45) is -0.471. The summed E-state index contributed by atoms with van der Waals surface area (Å²) in [5.74, 6) is 0.747. The van der Waals surface area contributed by atoms with E-state index in [0.717, 1.165) is 11.3 Å². The van der Waals surface area contributed by atoms with Crippen LogP contribution in [0.4, 0.5) is 4.79 Å². The van der Waals surface area contributed by atoms with Crippen molar-refractivity contribution in [2.75, 3.05) is 7.11 Å². The van der Waals surface area contributed by atoms with Gasteiger partial charge in [0.1, 0.15) is 5.75 Å². The third-order valence-corrected chi connectivity index (χ3v) is 2.31. The summed E-state index contributed by atoms with van der Waals surface area (Å²) in [6, 6.07) is 8.90. The molecule has 5 nitrogen and oxygen atoms in total. The van der Waals surface area contributed by atoms with Crippen LogP contribution < -0.4 is 10.1 Å². The van der Waals surface area contributed by atoms with Gasteiger partial charge in [0, 0.05) is 6.04 Å². The normalized spacial score (nSPS) is 11.3. The predicted octanol–water partition coefficient (Wildman–Crippen LogP) is 1.79. The molecule has 0 heterocycles. The summed E-state index contributed by atoms with van der Waals surface area (Å²) in [4.78, 5) is 10.5. The fourth-order valence-corrected chi connectivity index (χ4v) is 1.51. The van der Waals surface area contributed by atoms with Crippen LogP contribution in [0.3, 0.4) is 0 Å². The Kier molecular flexibility index (Phi) is 4.82. The molecule has 0 saturated heterocycles. The molecule has 1 atom stereocenters. The molecule has 1 rings (SSSR count). The number of rotatable bonds is 5. The van der Waals surface area contributed by atoms with E-state index in [2.05, 4.69) is 5.32 Å². The van der Waals surface area contributed by atoms with Crippen molar-refractivity contribution in [1.29, 1.82) is 5.26 Å². The molecule has 0 bridgehead atoms. The van der Waals surface area contributed by atoms with E-state index < -0.39 is 6.09 Å². The molecule has 0 spiro atoms. The van der Waals surface area contributed by atoms with E-state index in [-0.39, 0.29) is 12.5 Å². The highest BCUT2D eigenvalue weighted by molar-refractivity contribution is 5.64. The van der Waals surface area contributed by atoms with Crippen molar-refractivity contribution >= 4 is 6.09 Å². The fourth-order valence-electron chi connectivity index (χ4n) is 1.51. The zero-order valence-electron chi connectivity index (χ0n) is 9.51. The third kappa shape index (κ3) is 4.43. The van der Waals surface area contributed by atoms with Gasteiger partial charge < -0.3 is 15.2 Å². The molecule has 0 saturated carbocycles. The molecule has 90 valence electrons. The minimum Gasteiger partial charge on any atom is -0.497 e. The first-order chi connectivity index (χ1) is 8.15. The first-order valence-corrected chi connectivity index (χ1v) is 5.15. The number of hydrogen-bond donors (Lipinski definition) is 2. The molecule has 1 aromatic rings. The van der Waals surface area contributed by atoms with Gasteiger partial charge in [0.25, 0.3) is 0 Å². The molecular formula is C12H14N2O3. The van der Waals surface area contributed by atoms with Crippen LogP contribution in [0.1, 0.15) is 12.0 Å². The van der Waals surface area contributed by atoms with Crippen LogP contribution in [0.25, 0.3) is 0 Å². The van der Waals surface area contributed by atoms with Crippen LogP contribution in [-0.4, -0.2) is 24.4 Å². The van der Waals surface area contributed by atoms with Gasteiger partial charge in [-0.05, 0) is 24.1 Å². The smallest absolute Gasteiger partial charge is 0.404 e. The van der Waals surface area contributed by atoms with E-state index in [0.29, 0.717) is 6.42 Å². The molecule has 5 heteroatoms. The van der Waals surface area contributed by atoms with E-state index >= 15 is 0 Å². The van der Waals surface area contributed by atoms with E-state index in [1.807, 2.05) is 18.2 Å². The minimum absolute atomic E-state index is 0.151. The van der Waals surface area contributed by atoms with Crippen molar-refractivity contribution in [3.63, 3.8) is 0 Å². The highest BCUT2D eigenvalue weighted by atomic mass is 16.5. The van der Waals surface area contributed by atoms with Crippen molar-refractivity contribution < 1.29 is 14.6 Å². The molecule has 0 aromatic heterocycles. The van der Waals surface area contributed by atoms with Crippen LogP contribution in [0.2, 0.25) is 0 Å². The summed E-state index contributed by atoms with van der Waals surface area (Å²) in [6.45, 7) is 0. The highest BCUT2D eigenvalue weighted by Gasteiger charge is 2.11. The number of carbonyl (C=O) groups is 1. The largest absolute Gasteiger partial charge is 0.497 e. The molecular weight excluding hydrogens is 220 g/mol. The molecule has 2 N–H and O–H groups in total. The highest BCUT2D eigenvalue weighted by Crippen LogP contribution is 2.13. The number of nitrogens with one attached hydrogen (secondary N) is 1. The Balaban J connectivity index is 2.65. The molecule has 1 amide bonds. The Morgan fingerprint density at radius 2 is 2.18 bits per heavy atom. The van der Waals surface area contributed by atoms with Gasteiger partial charge in [-0.1, -0.05) is 12.1 Å². The maximum Gasteiger partial charge on any atom is 0.404 e. The fraction of sp³-hybridized carbons (Fsp3) is 0.333. The molecule has 1 aromatic carbocycles. The Labute approximate surface area is 99.6 Å². The van der Waals surface area contributed by atoms with Gasteiger partial charge in [-0.3, -0.25) is 0 Å². The van der Waals surface area contributed by atoms with E-state index in [4.69, 9.17) is 15.1 Å². The monoisotopic (exact) mass is 234 g/mol. The van der Waals surface area contributed by atoms with E-state index in [1.54, 1.807) is 19.2 Å². The predicted molar refractivity (Wildman–Crippen MR) is 61.9 cm³/mol. The summed E-state index contributed by atoms with van der Waals surface area (Å²) in [5.41, 5.74) is 0.958. The van der Waals surface area contributed by atoms with E-state index in [9.17, 15) is 4.79 Å². The first kappa shape index (κ1) is 12.8. The molecule has 17 heavy (non-hydrogen) atoms. The van der Waals surface area contributed by atoms with Crippen LogP contribution >= 0.6 is 0 Å². The lowest BCUT2D eigenvalue weighted by Gasteiger charge is -2.13. The third-order valence-electron chi connectivity index (χ3n) is 2.31. The van der Waals surface area contributed by atoms with Crippen LogP contribution in [0, 0.1) is 11.3 Å². The van der Waals surface area contributed by atoms with Crippen LogP contribution in [0.15, 0.2) is 24.3 Å². The summed E-state index contributed by atoms with van der Waals surface area (Å²) >= 11 is 0. The van der Waals surface area contributed by atoms with Crippen molar-refractivity contribution in [3.8, 4) is 11.8 Å². The molecule has 0 fully saturated rings. The summed E-state index contributed by atoms with van der Waals surface area (Å²) in [7, 11) is 1.58. The zero-order chi connectivity index (χ0) is 12.7. The molecule has 0 aliphatic heterocycles. The summed E-state index contributed by atoms with van der Waals surface area (Å²) in [5, 5.41) is 19.6. The standard InChI is InChI=1S/C12H14N2O3/c1-17-11-4-2-9(3-5-11)8-10(6-7-13)14-12(15)16/h2-5,10,14H,6,8H2,1H3,(H,15,16). The number of hydrogen-bond acceptors (Lipinski definition) is 3. The Morgan fingerprint density at radius 1 is 1.53 bits per heavy atom. The number of carboxylic acid groups (broad SMARTS) is 1. The average molecular weight is 234 g/mol. The number of methoxy groups -OCH3 is 1. The lowest BCUT2D eigenvalue weighted by molar-refractivity contribution is 0.190. The Morgan fingerprint density at radius 3 is 2.65 bits per heavy atom. The molecule has 0 aliphatic carbocycles. The summed E-state index contributed by atoms with van der Waals surface area (Å²) < 4.78 is 5.02. The van der Waals surface area contributed by atoms with Gasteiger partial charge in [0.05, 0.1) is 19.6 Å². The van der Waals surface area contributed by atoms with Gasteiger partial charge in [0.2, 0.25) is 0 Å². The number of amides is 1. The van der Waals surface area contributed by atoms with Crippen molar-refractivity contribution in [3.05, 3.63) is 29.8 Å². The maximum absolute atomic E-state index is 10.5. The minimum atomic E-state index is -1.11. The zero-order valence-corrected chi connectivity index (χ0v) is 9.51. The second kappa shape index (κ2) is 6.38. The van der Waals surface area contributed by atoms with Crippen molar-refractivity contribution in [2.24, 2.45) is 0 Å². The van der Waals surface area contributed by atoms with Crippen molar-refractivity contribution in [2.45, 2.75) is 18.9 Å². The van der Waals surface area contributed by atoms with Gasteiger partial charge in [0.15, 0.2) is 0 Å². The quantitative estimate of drug-likeness (QED) is 0.813. The molecule has 0 aliphatic rings. The second-order valence-corrected chi connectivity index (χ2v) is 3.56. The molecule has 1 unspecified atom stereocenters. The van der Waals surface area contributed by atoms with Gasteiger partial charge >= 0.3 is 6.09 Å². The lowest BCUT2D eigenvalue weighted by Crippen LogP contribution is -2.35. The number of nitriles is 1. The number of benzene rings is 1. The number of nitrogens with zero attached hydrogens (tertiary/aromatic N) is 1. The van der Waals surface area contributed by atoms with E-state index in [1.165, 1.54) is 0 Å². The maximum atomic E-state index is 10.5. The number of ether oxygens (including phenoxy) is 1.